The van der Waals surface area contributed by atoms with Gasteiger partial charge >= 0.3 is 5.16 Å². The molecule has 0 aliphatic heterocycles. The number of hydrogen-bond acceptors (Lipinski definition) is 5. The van der Waals surface area contributed by atoms with Crippen LogP contribution in [0.4, 0.5) is 0 Å². The Morgan fingerprint density at radius 3 is 2.48 bits per heavy atom. The molecule has 0 aliphatic carbocycles. The molecule has 2 rings (SSSR count). The minimum Gasteiger partial charge on any atom is -0.609 e. The zero-order chi connectivity index (χ0) is 17.2. The number of hydrogen-bond donors (Lipinski definition) is 1. The topological polar surface area (TPSA) is 99.9 Å². The summed E-state index contributed by atoms with van der Waals surface area (Å²) in [6.07, 6.45) is 1.50. The van der Waals surface area contributed by atoms with Gasteiger partial charge in [-0.1, -0.05) is 16.7 Å². The molecule has 0 saturated carbocycles. The highest BCUT2D eigenvalue weighted by Crippen LogP contribution is 2.19. The van der Waals surface area contributed by atoms with Crippen LogP contribution in [-0.4, -0.2) is 34.0 Å². The van der Waals surface area contributed by atoms with Crippen LogP contribution in [-0.2, 0) is 27.7 Å². The highest BCUT2D eigenvalue weighted by molar-refractivity contribution is 7.90. The number of aromatic nitrogens is 3. The summed E-state index contributed by atoms with van der Waals surface area (Å²) < 4.78 is 40.6. The first kappa shape index (κ1) is 18.2. The molecule has 0 radical (unpaired) electrons. The summed E-state index contributed by atoms with van der Waals surface area (Å²) in [5.41, 5.74) is 0. The quantitative estimate of drug-likeness (QED) is 0.774. The third-order valence-electron chi connectivity index (χ3n) is 3.16. The van der Waals surface area contributed by atoms with Gasteiger partial charge in [-0.2, -0.15) is 0 Å². The summed E-state index contributed by atoms with van der Waals surface area (Å²) in [5, 5.41) is 8.63. The lowest BCUT2D eigenvalue weighted by Crippen LogP contribution is -2.29. The predicted octanol–water partition coefficient (Wildman–Crippen LogP) is 1.73. The van der Waals surface area contributed by atoms with Crippen molar-refractivity contribution in [1.29, 1.82) is 0 Å². The van der Waals surface area contributed by atoms with Crippen molar-refractivity contribution in [2.75, 3.05) is 6.26 Å². The lowest BCUT2D eigenvalue weighted by molar-refractivity contribution is 0.532. The minimum atomic E-state index is -3.73. The molecule has 126 valence electrons. The average Bonchev–Trinajstić information content (AvgIpc) is 2.91. The van der Waals surface area contributed by atoms with Crippen LogP contribution in [0.3, 0.4) is 0 Å². The molecule has 2 aromatic rings. The van der Waals surface area contributed by atoms with E-state index >= 15 is 0 Å². The Balaban J connectivity index is 2.28. The molecule has 0 amide bonds. The Morgan fingerprint density at radius 1 is 1.35 bits per heavy atom. The van der Waals surface area contributed by atoms with Gasteiger partial charge in [-0.3, -0.25) is 4.57 Å². The van der Waals surface area contributed by atoms with E-state index in [2.05, 4.69) is 14.9 Å². The first-order chi connectivity index (χ1) is 10.8. The van der Waals surface area contributed by atoms with Crippen LogP contribution in [0.1, 0.15) is 25.7 Å². The maximum absolute atomic E-state index is 12.4. The van der Waals surface area contributed by atoms with Crippen LogP contribution in [0.2, 0.25) is 5.02 Å². The molecule has 0 aliphatic rings. The monoisotopic (exact) mass is 376 g/mol. The van der Waals surface area contributed by atoms with Crippen molar-refractivity contribution in [2.45, 2.75) is 36.5 Å². The molecule has 0 bridgehead atoms. The van der Waals surface area contributed by atoms with E-state index < -0.39 is 27.2 Å². The van der Waals surface area contributed by atoms with E-state index in [1.807, 2.05) is 6.92 Å². The van der Waals surface area contributed by atoms with E-state index in [-0.39, 0.29) is 4.90 Å². The molecule has 0 fully saturated rings. The molecule has 1 aromatic carbocycles. The lowest BCUT2D eigenvalue weighted by Gasteiger charge is -2.15. The predicted molar refractivity (Wildman–Crippen MR) is 88.2 cm³/mol. The van der Waals surface area contributed by atoms with Gasteiger partial charge in [-0.15, -0.1) is 5.10 Å². The molecule has 1 aromatic heterocycles. The second-order valence-corrected chi connectivity index (χ2v) is 8.26. The number of nitrogens with one attached hydrogen (secondary N) is 1. The van der Waals surface area contributed by atoms with Gasteiger partial charge in [0.1, 0.15) is 6.26 Å². The number of halogens is 1. The number of nitrogens with zero attached hydrogens (tertiary/aromatic N) is 3. The van der Waals surface area contributed by atoms with Crippen LogP contribution in [0.15, 0.2) is 34.3 Å². The highest BCUT2D eigenvalue weighted by Gasteiger charge is 2.26. The van der Waals surface area contributed by atoms with E-state index in [9.17, 15) is 13.0 Å². The SMILES string of the molecule is CCn1c([C@@H](C)NS(=O)(=O)c2ccc(Cl)cc2)nnc1[S+](C)[O-]. The van der Waals surface area contributed by atoms with Crippen molar-refractivity contribution in [3.05, 3.63) is 35.1 Å². The number of sulfonamides is 1. The Kier molecular flexibility index (Phi) is 5.69. The summed E-state index contributed by atoms with van der Waals surface area (Å²) in [5.74, 6) is 0.412. The second kappa shape index (κ2) is 7.18. The Bertz CT molecular complexity index is 775. The van der Waals surface area contributed by atoms with Crippen molar-refractivity contribution < 1.29 is 13.0 Å². The zero-order valence-corrected chi connectivity index (χ0v) is 15.2. The van der Waals surface area contributed by atoms with Crippen molar-refractivity contribution in [3.63, 3.8) is 0 Å². The van der Waals surface area contributed by atoms with Crippen LogP contribution < -0.4 is 4.72 Å². The smallest absolute Gasteiger partial charge is 0.343 e. The molecule has 1 unspecified atom stereocenters. The molecule has 23 heavy (non-hydrogen) atoms. The third-order valence-corrected chi connectivity index (χ3v) is 5.79. The van der Waals surface area contributed by atoms with Crippen molar-refractivity contribution in [1.82, 2.24) is 19.5 Å². The van der Waals surface area contributed by atoms with E-state index in [0.717, 1.165) is 0 Å². The lowest BCUT2D eigenvalue weighted by atomic mass is 10.3. The second-order valence-electron chi connectivity index (χ2n) is 4.84. The van der Waals surface area contributed by atoms with Gasteiger partial charge < -0.3 is 4.55 Å². The van der Waals surface area contributed by atoms with E-state index in [4.69, 9.17) is 11.6 Å². The summed E-state index contributed by atoms with van der Waals surface area (Å²) >= 11 is 4.47. The molecule has 1 heterocycles. The molecular weight excluding hydrogens is 360 g/mol. The number of benzene rings is 1. The van der Waals surface area contributed by atoms with Gasteiger partial charge in [0.05, 0.1) is 10.9 Å². The van der Waals surface area contributed by atoms with Gasteiger partial charge in [0.2, 0.25) is 10.0 Å². The van der Waals surface area contributed by atoms with E-state index in [0.29, 0.717) is 22.5 Å². The zero-order valence-electron chi connectivity index (χ0n) is 12.9. The largest absolute Gasteiger partial charge is 0.609 e. The normalized spacial score (nSPS) is 14.7. The van der Waals surface area contributed by atoms with Gasteiger partial charge in [-0.25, -0.2) is 13.1 Å². The van der Waals surface area contributed by atoms with Crippen LogP contribution in [0.25, 0.3) is 0 Å². The summed E-state index contributed by atoms with van der Waals surface area (Å²) in [6.45, 7) is 4.00. The first-order valence-corrected chi connectivity index (χ1v) is 10.2. The molecule has 0 spiro atoms. The Morgan fingerprint density at radius 2 is 1.96 bits per heavy atom. The third kappa shape index (κ3) is 4.04. The van der Waals surface area contributed by atoms with Crippen molar-refractivity contribution in [2.24, 2.45) is 0 Å². The fraction of sp³-hybridized carbons (Fsp3) is 0.385. The molecule has 2 atom stereocenters. The molecule has 1 N–H and O–H groups in total. The van der Waals surface area contributed by atoms with Gasteiger partial charge in [0.25, 0.3) is 0 Å². The van der Waals surface area contributed by atoms with Crippen LogP contribution >= 0.6 is 11.6 Å². The van der Waals surface area contributed by atoms with Gasteiger partial charge in [-0.05, 0) is 38.1 Å². The molecule has 7 nitrogen and oxygen atoms in total. The van der Waals surface area contributed by atoms with Gasteiger partial charge in [0, 0.05) is 22.7 Å². The Hall–Kier alpha value is -1.13. The maximum Gasteiger partial charge on any atom is 0.343 e. The first-order valence-electron chi connectivity index (χ1n) is 6.80. The molecule has 0 saturated heterocycles. The van der Waals surface area contributed by atoms with Crippen molar-refractivity contribution in [3.8, 4) is 0 Å². The average molecular weight is 377 g/mol. The van der Waals surface area contributed by atoms with E-state index in [1.165, 1.54) is 30.5 Å². The molecule has 10 heteroatoms. The minimum absolute atomic E-state index is 0.107. The number of rotatable bonds is 6. The summed E-state index contributed by atoms with van der Waals surface area (Å²) in [7, 11) is -3.73. The Labute approximate surface area is 143 Å². The fourth-order valence-corrected chi connectivity index (χ4v) is 4.11. The van der Waals surface area contributed by atoms with Crippen molar-refractivity contribution >= 4 is 32.8 Å². The standard InChI is InChI=1S/C13H17ClN4O3S2/c1-4-18-12(15-16-13(18)22(3)19)9(2)17-23(20,21)11-7-5-10(14)6-8-11/h5-9,17H,4H2,1-3H3/t9-,22?/m1/s1. The van der Waals surface area contributed by atoms with Crippen LogP contribution in [0.5, 0.6) is 0 Å². The van der Waals surface area contributed by atoms with E-state index in [1.54, 1.807) is 11.5 Å². The maximum atomic E-state index is 12.4. The summed E-state index contributed by atoms with van der Waals surface area (Å²) in [6, 6.07) is 5.24. The van der Waals surface area contributed by atoms with Crippen LogP contribution in [0, 0.1) is 0 Å². The fourth-order valence-electron chi connectivity index (χ4n) is 2.10. The van der Waals surface area contributed by atoms with Gasteiger partial charge in [0.15, 0.2) is 5.82 Å². The summed E-state index contributed by atoms with van der Waals surface area (Å²) in [4.78, 5) is 0.107. The highest BCUT2D eigenvalue weighted by atomic mass is 35.5. The molecular formula is C13H17ClN4O3S2.